The lowest BCUT2D eigenvalue weighted by molar-refractivity contribution is -0.153. The molecule has 10 nitrogen and oxygen atoms in total. The molecule has 6 N–H and O–H groups in total. The quantitative estimate of drug-likeness (QED) is 0.380. The summed E-state index contributed by atoms with van der Waals surface area (Å²) in [4.78, 5) is 44.2. The van der Waals surface area contributed by atoms with Crippen LogP contribution in [0.2, 0.25) is 0 Å². The minimum absolute atomic E-state index is 0.0556. The Hall–Kier alpha value is -4.09. The van der Waals surface area contributed by atoms with Gasteiger partial charge in [0, 0.05) is 23.3 Å². The number of nitrogens with zero attached hydrogens (tertiary/aromatic N) is 2. The van der Waals surface area contributed by atoms with Crippen LogP contribution in [0.25, 0.3) is 16.9 Å². The molecule has 0 unspecified atom stereocenters. The van der Waals surface area contributed by atoms with Crippen molar-refractivity contribution in [2.45, 2.75) is 24.5 Å². The third kappa shape index (κ3) is 3.24. The van der Waals surface area contributed by atoms with Gasteiger partial charge in [0.1, 0.15) is 28.7 Å². The highest BCUT2D eigenvalue weighted by atomic mass is 19.1. The number of pyridine rings is 1. The van der Waals surface area contributed by atoms with E-state index in [0.717, 1.165) is 6.20 Å². The SMILES string of the molecule is CN(C)[C@@H]1C(=O)C(C(N)=O)=C(O)[C@@]2(O)C(=O)C3=C(O)c4c(O)ccc(-c5ccncc5F)c4C[C@H]3C[C@@H]12. The summed E-state index contributed by atoms with van der Waals surface area (Å²) < 4.78 is 14.6. The van der Waals surface area contributed by atoms with Gasteiger partial charge < -0.3 is 26.2 Å². The highest BCUT2D eigenvalue weighted by molar-refractivity contribution is 6.24. The van der Waals surface area contributed by atoms with E-state index in [1.54, 1.807) is 0 Å². The summed E-state index contributed by atoms with van der Waals surface area (Å²) in [5.74, 6) is -7.97. The maximum Gasteiger partial charge on any atom is 0.255 e. The van der Waals surface area contributed by atoms with Crippen molar-refractivity contribution in [3.63, 3.8) is 0 Å². The van der Waals surface area contributed by atoms with E-state index in [1.165, 1.54) is 43.4 Å². The zero-order valence-electron chi connectivity index (χ0n) is 19.9. The number of phenolic OH excluding ortho intramolecular Hbond substituents is 1. The first-order valence-electron chi connectivity index (χ1n) is 11.5. The van der Waals surface area contributed by atoms with E-state index in [-0.39, 0.29) is 35.3 Å². The Bertz CT molecular complexity index is 1460. The van der Waals surface area contributed by atoms with Crippen LogP contribution in [0, 0.1) is 17.7 Å². The number of aliphatic hydroxyl groups is 3. The average Bonchev–Trinajstić information content (AvgIpc) is 2.82. The largest absolute Gasteiger partial charge is 0.508 e. The molecule has 3 aliphatic rings. The van der Waals surface area contributed by atoms with Gasteiger partial charge in [-0.25, -0.2) is 4.39 Å². The molecule has 0 aliphatic heterocycles. The first-order valence-corrected chi connectivity index (χ1v) is 11.5. The minimum atomic E-state index is -2.71. The van der Waals surface area contributed by atoms with Crippen LogP contribution in [-0.4, -0.2) is 73.5 Å². The topological polar surface area (TPSA) is 174 Å². The molecule has 37 heavy (non-hydrogen) atoms. The standard InChI is InChI=1S/C26H24FN3O7/c1-30(2)20-14-8-10-7-13-11(12-5-6-29-9-15(12)27)3-4-16(31)18(13)21(32)17(10)23(34)26(14,37)24(35)19(22(20)33)25(28)36/h3-6,9-10,14,20,31-32,35,37H,7-8H2,1-2H3,(H2,28,36)/t10-,14-,20-,26-/m0/s1. The Morgan fingerprint density at radius 2 is 1.86 bits per heavy atom. The maximum absolute atomic E-state index is 14.6. The molecular formula is C26H24FN3O7. The van der Waals surface area contributed by atoms with Gasteiger partial charge in [-0.3, -0.25) is 24.3 Å². The van der Waals surface area contributed by atoms with Crippen molar-refractivity contribution in [2.24, 2.45) is 17.6 Å². The summed E-state index contributed by atoms with van der Waals surface area (Å²) in [6.07, 6.45) is 2.43. The van der Waals surface area contributed by atoms with Crippen LogP contribution in [0.3, 0.4) is 0 Å². The number of amides is 1. The molecule has 1 aromatic carbocycles. The second-order valence-corrected chi connectivity index (χ2v) is 9.80. The third-order valence-electron chi connectivity index (χ3n) is 7.67. The third-order valence-corrected chi connectivity index (χ3v) is 7.67. The summed E-state index contributed by atoms with van der Waals surface area (Å²) >= 11 is 0. The van der Waals surface area contributed by atoms with Crippen LogP contribution in [0.1, 0.15) is 17.5 Å². The Morgan fingerprint density at radius 1 is 1.16 bits per heavy atom. The van der Waals surface area contributed by atoms with Crippen LogP contribution in [0.15, 0.2) is 47.5 Å². The maximum atomic E-state index is 14.6. The number of likely N-dealkylation sites (N-methyl/N-ethyl adjacent to an activating group) is 1. The highest BCUT2D eigenvalue weighted by Gasteiger charge is 2.64. The number of aromatic hydroxyl groups is 1. The summed E-state index contributed by atoms with van der Waals surface area (Å²) in [7, 11) is 3.05. The number of fused-ring (bicyclic) bond motifs is 3. The van der Waals surface area contributed by atoms with Crippen LogP contribution in [0.4, 0.5) is 4.39 Å². The van der Waals surface area contributed by atoms with Gasteiger partial charge in [0.05, 0.1) is 17.8 Å². The molecule has 11 heteroatoms. The van der Waals surface area contributed by atoms with E-state index < -0.39 is 63.9 Å². The fourth-order valence-corrected chi connectivity index (χ4v) is 6.09. The second kappa shape index (κ2) is 8.22. The molecule has 1 saturated carbocycles. The van der Waals surface area contributed by atoms with Crippen LogP contribution in [-0.2, 0) is 20.8 Å². The predicted octanol–water partition coefficient (Wildman–Crippen LogP) is 1.17. The first kappa shape index (κ1) is 24.6. The number of nitrogens with two attached hydrogens (primary N) is 1. The van der Waals surface area contributed by atoms with Gasteiger partial charge in [-0.2, -0.15) is 0 Å². The van der Waals surface area contributed by atoms with Crippen molar-refractivity contribution in [1.82, 2.24) is 9.88 Å². The van der Waals surface area contributed by atoms with Crippen molar-refractivity contribution in [1.29, 1.82) is 0 Å². The number of Topliss-reactive ketones (excluding diaryl/α,β-unsaturated/α-hetero) is 2. The first-order chi connectivity index (χ1) is 17.4. The van der Waals surface area contributed by atoms with Crippen molar-refractivity contribution >= 4 is 23.2 Å². The number of ketones is 2. The van der Waals surface area contributed by atoms with Gasteiger partial charge in [0.2, 0.25) is 5.78 Å². The molecule has 1 fully saturated rings. The smallest absolute Gasteiger partial charge is 0.255 e. The van der Waals surface area contributed by atoms with E-state index in [0.29, 0.717) is 11.1 Å². The van der Waals surface area contributed by atoms with Crippen molar-refractivity contribution in [3.8, 4) is 16.9 Å². The lowest BCUT2D eigenvalue weighted by Crippen LogP contribution is -2.65. The number of hydrogen-bond acceptors (Lipinski definition) is 9. The Labute approximate surface area is 210 Å². The van der Waals surface area contributed by atoms with Crippen molar-refractivity contribution in [2.75, 3.05) is 14.1 Å². The van der Waals surface area contributed by atoms with Gasteiger partial charge in [-0.1, -0.05) is 6.07 Å². The molecule has 1 aromatic heterocycles. The molecule has 0 saturated heterocycles. The molecular weight excluding hydrogens is 485 g/mol. The number of aromatic nitrogens is 1. The van der Waals surface area contributed by atoms with Crippen molar-refractivity contribution in [3.05, 3.63) is 64.4 Å². The van der Waals surface area contributed by atoms with Crippen LogP contribution >= 0.6 is 0 Å². The Morgan fingerprint density at radius 3 is 2.49 bits per heavy atom. The molecule has 5 rings (SSSR count). The molecule has 1 amide bonds. The summed E-state index contributed by atoms with van der Waals surface area (Å²) in [5.41, 5.74) is 2.27. The number of carbonyl (C=O) groups excluding carboxylic acids is 3. The molecule has 192 valence electrons. The molecule has 0 bridgehead atoms. The molecule has 1 heterocycles. The van der Waals surface area contributed by atoms with Crippen LogP contribution in [0.5, 0.6) is 5.75 Å². The van der Waals surface area contributed by atoms with Gasteiger partial charge in [0.25, 0.3) is 5.91 Å². The number of hydrogen-bond donors (Lipinski definition) is 5. The predicted molar refractivity (Wildman–Crippen MR) is 127 cm³/mol. The fourth-order valence-electron chi connectivity index (χ4n) is 6.09. The van der Waals surface area contributed by atoms with Gasteiger partial charge >= 0.3 is 0 Å². The van der Waals surface area contributed by atoms with Crippen LogP contribution < -0.4 is 5.73 Å². The number of rotatable bonds is 3. The Kier molecular flexibility index (Phi) is 5.46. The molecule has 0 radical (unpaired) electrons. The van der Waals surface area contributed by atoms with E-state index >= 15 is 0 Å². The number of carbonyl (C=O) groups is 3. The molecule has 2 aromatic rings. The Balaban J connectivity index is 1.76. The highest BCUT2D eigenvalue weighted by Crippen LogP contribution is 2.53. The van der Waals surface area contributed by atoms with Gasteiger partial charge in [0.15, 0.2) is 11.4 Å². The lowest BCUT2D eigenvalue weighted by atomic mass is 9.57. The minimum Gasteiger partial charge on any atom is -0.508 e. The number of aliphatic hydroxyl groups excluding tert-OH is 2. The molecule has 0 spiro atoms. The number of benzene rings is 1. The summed E-state index contributed by atoms with van der Waals surface area (Å²) in [5, 5.41) is 44.3. The number of primary amides is 1. The normalized spacial score (nSPS) is 27.2. The number of halogens is 1. The average molecular weight is 509 g/mol. The monoisotopic (exact) mass is 509 g/mol. The van der Waals surface area contributed by atoms with E-state index in [9.17, 15) is 39.2 Å². The zero-order chi connectivity index (χ0) is 27.0. The summed E-state index contributed by atoms with van der Waals surface area (Å²) in [6, 6.07) is 3.00. The van der Waals surface area contributed by atoms with E-state index in [2.05, 4.69) is 4.98 Å². The van der Waals surface area contributed by atoms with Gasteiger partial charge in [-0.05, 0) is 56.1 Å². The number of phenols is 1. The fraction of sp³-hybridized carbons (Fsp3) is 0.308. The van der Waals surface area contributed by atoms with E-state index in [4.69, 9.17) is 5.73 Å². The second-order valence-electron chi connectivity index (χ2n) is 9.80. The molecule has 4 atom stereocenters. The van der Waals surface area contributed by atoms with E-state index in [1.807, 2.05) is 0 Å². The van der Waals surface area contributed by atoms with Crippen molar-refractivity contribution < 1.29 is 39.2 Å². The summed E-state index contributed by atoms with van der Waals surface area (Å²) in [6.45, 7) is 0. The lowest BCUT2D eigenvalue weighted by Gasteiger charge is -2.50. The van der Waals surface area contributed by atoms with Gasteiger partial charge in [-0.15, -0.1) is 0 Å². The zero-order valence-corrected chi connectivity index (χ0v) is 19.9. The molecule has 3 aliphatic carbocycles.